The highest BCUT2D eigenvalue weighted by Gasteiger charge is 2.02. The van der Waals surface area contributed by atoms with Crippen LogP contribution in [0.1, 0.15) is 18.9 Å². The second-order valence-electron chi connectivity index (χ2n) is 3.57. The number of rotatable bonds is 4. The molecule has 1 rings (SSSR count). The molecule has 0 aliphatic carbocycles. The van der Waals surface area contributed by atoms with Crippen molar-refractivity contribution >= 4 is 28.9 Å². The van der Waals surface area contributed by atoms with Gasteiger partial charge in [-0.05, 0) is 30.3 Å². The van der Waals surface area contributed by atoms with Crippen LogP contribution in [0.4, 0.5) is 0 Å². The van der Waals surface area contributed by atoms with Crippen molar-refractivity contribution < 1.29 is 0 Å². The molecule has 0 aliphatic rings. The van der Waals surface area contributed by atoms with Gasteiger partial charge < -0.3 is 10.2 Å². The molecule has 1 aromatic rings. The lowest BCUT2D eigenvalue weighted by atomic mass is 10.3. The third kappa shape index (κ3) is 4.33. The highest BCUT2D eigenvalue weighted by molar-refractivity contribution is 7.80. The van der Waals surface area contributed by atoms with Gasteiger partial charge in [-0.2, -0.15) is 0 Å². The van der Waals surface area contributed by atoms with E-state index in [-0.39, 0.29) is 0 Å². The second kappa shape index (κ2) is 6.66. The minimum Gasteiger partial charge on any atom is -0.358 e. The molecular formula is C11H16ClN3S. The van der Waals surface area contributed by atoms with Crippen molar-refractivity contribution in [2.45, 2.75) is 19.9 Å². The number of nitrogens with zero attached hydrogens (tertiary/aromatic N) is 2. The smallest absolute Gasteiger partial charge is 0.168 e. The van der Waals surface area contributed by atoms with E-state index in [1.54, 1.807) is 12.3 Å². The van der Waals surface area contributed by atoms with Crippen LogP contribution < -0.4 is 5.32 Å². The Morgan fingerprint density at radius 2 is 2.31 bits per heavy atom. The molecule has 0 atom stereocenters. The largest absolute Gasteiger partial charge is 0.358 e. The molecule has 0 radical (unpaired) electrons. The highest BCUT2D eigenvalue weighted by atomic mass is 35.5. The van der Waals surface area contributed by atoms with Crippen LogP contribution in [-0.2, 0) is 6.54 Å². The normalized spacial score (nSPS) is 9.94. The maximum absolute atomic E-state index is 5.70. The van der Waals surface area contributed by atoms with Crippen molar-refractivity contribution in [3.05, 3.63) is 29.0 Å². The van der Waals surface area contributed by atoms with E-state index in [1.807, 2.05) is 18.0 Å². The Morgan fingerprint density at radius 3 is 2.88 bits per heavy atom. The van der Waals surface area contributed by atoms with E-state index in [0.717, 1.165) is 23.6 Å². The summed E-state index contributed by atoms with van der Waals surface area (Å²) in [5.41, 5.74) is 1.07. The first-order valence-electron chi connectivity index (χ1n) is 5.23. The molecule has 0 saturated carbocycles. The number of halogens is 1. The summed E-state index contributed by atoms with van der Waals surface area (Å²) in [4.78, 5) is 6.03. The number of thiocarbonyl (C=S) groups is 1. The fourth-order valence-electron chi connectivity index (χ4n) is 1.26. The molecule has 0 unspecified atom stereocenters. The molecule has 0 fully saturated rings. The average molecular weight is 258 g/mol. The molecule has 0 aliphatic heterocycles. The molecule has 0 amide bonds. The van der Waals surface area contributed by atoms with E-state index in [0.29, 0.717) is 11.7 Å². The Kier molecular flexibility index (Phi) is 5.49. The van der Waals surface area contributed by atoms with Crippen LogP contribution >= 0.6 is 23.8 Å². The third-order valence-electron chi connectivity index (χ3n) is 2.14. The van der Waals surface area contributed by atoms with Gasteiger partial charge >= 0.3 is 0 Å². The van der Waals surface area contributed by atoms with E-state index in [1.165, 1.54) is 0 Å². The number of pyridine rings is 1. The van der Waals surface area contributed by atoms with Crippen molar-refractivity contribution in [3.8, 4) is 0 Å². The molecule has 5 heteroatoms. The van der Waals surface area contributed by atoms with Crippen LogP contribution in [0, 0.1) is 0 Å². The lowest BCUT2D eigenvalue weighted by Gasteiger charge is -2.20. The molecular weight excluding hydrogens is 242 g/mol. The summed E-state index contributed by atoms with van der Waals surface area (Å²) in [6, 6.07) is 3.71. The predicted octanol–water partition coefficient (Wildman–Crippen LogP) is 2.45. The van der Waals surface area contributed by atoms with Crippen LogP contribution in [0.2, 0.25) is 5.15 Å². The third-order valence-corrected chi connectivity index (χ3v) is 2.82. The molecule has 3 nitrogen and oxygen atoms in total. The molecule has 0 spiro atoms. The van der Waals surface area contributed by atoms with E-state index in [4.69, 9.17) is 23.8 Å². The quantitative estimate of drug-likeness (QED) is 0.663. The van der Waals surface area contributed by atoms with Gasteiger partial charge in [-0.25, -0.2) is 4.98 Å². The first-order valence-corrected chi connectivity index (χ1v) is 6.01. The van der Waals surface area contributed by atoms with E-state index in [2.05, 4.69) is 17.2 Å². The monoisotopic (exact) mass is 257 g/mol. The van der Waals surface area contributed by atoms with Crippen LogP contribution in [0.5, 0.6) is 0 Å². The molecule has 1 aromatic heterocycles. The van der Waals surface area contributed by atoms with Gasteiger partial charge in [0.05, 0.1) is 0 Å². The molecule has 0 aromatic carbocycles. The Balaban J connectivity index is 2.39. The van der Waals surface area contributed by atoms with Gasteiger partial charge in [0.25, 0.3) is 0 Å². The van der Waals surface area contributed by atoms with Gasteiger partial charge in [-0.3, -0.25) is 0 Å². The Hall–Kier alpha value is -0.870. The Bertz CT molecular complexity index is 340. The van der Waals surface area contributed by atoms with Crippen LogP contribution in [0.3, 0.4) is 0 Å². The lowest BCUT2D eigenvalue weighted by Crippen LogP contribution is -2.36. The minimum absolute atomic E-state index is 0.509. The minimum atomic E-state index is 0.509. The van der Waals surface area contributed by atoms with Gasteiger partial charge in [-0.1, -0.05) is 24.6 Å². The van der Waals surface area contributed by atoms with Crippen molar-refractivity contribution in [2.24, 2.45) is 0 Å². The van der Waals surface area contributed by atoms with E-state index in [9.17, 15) is 0 Å². The summed E-state index contributed by atoms with van der Waals surface area (Å²) in [5.74, 6) is 0. The Morgan fingerprint density at radius 1 is 1.56 bits per heavy atom. The maximum atomic E-state index is 5.70. The van der Waals surface area contributed by atoms with Gasteiger partial charge in [0.2, 0.25) is 0 Å². The first kappa shape index (κ1) is 13.2. The SMILES string of the molecule is CCCN(C)C(=S)NCc1ccc(Cl)nc1. The first-order chi connectivity index (χ1) is 7.63. The second-order valence-corrected chi connectivity index (χ2v) is 4.34. The van der Waals surface area contributed by atoms with E-state index >= 15 is 0 Å². The van der Waals surface area contributed by atoms with Crippen LogP contribution in [0.25, 0.3) is 0 Å². The number of nitrogens with one attached hydrogen (secondary N) is 1. The molecule has 0 saturated heterocycles. The van der Waals surface area contributed by atoms with Crippen molar-refractivity contribution in [1.82, 2.24) is 15.2 Å². The summed E-state index contributed by atoms with van der Waals surface area (Å²) in [6.07, 6.45) is 2.83. The summed E-state index contributed by atoms with van der Waals surface area (Å²) in [7, 11) is 1.99. The standard InChI is InChI=1S/C11H16ClN3S/c1-3-6-15(2)11(16)14-8-9-4-5-10(12)13-7-9/h4-5,7H,3,6,8H2,1-2H3,(H,14,16). The van der Waals surface area contributed by atoms with Crippen LogP contribution in [-0.4, -0.2) is 28.6 Å². The fraction of sp³-hybridized carbons (Fsp3) is 0.455. The van der Waals surface area contributed by atoms with Crippen molar-refractivity contribution in [3.63, 3.8) is 0 Å². The van der Waals surface area contributed by atoms with Crippen LogP contribution in [0.15, 0.2) is 18.3 Å². The van der Waals surface area contributed by atoms with Gasteiger partial charge in [0, 0.05) is 26.3 Å². The molecule has 1 N–H and O–H groups in total. The fourth-order valence-corrected chi connectivity index (χ4v) is 1.54. The number of hydrogen-bond donors (Lipinski definition) is 1. The lowest BCUT2D eigenvalue weighted by molar-refractivity contribution is 0.490. The summed E-state index contributed by atoms with van der Waals surface area (Å²) >= 11 is 10.9. The average Bonchev–Trinajstić information content (AvgIpc) is 2.28. The zero-order chi connectivity index (χ0) is 12.0. The summed E-state index contributed by atoms with van der Waals surface area (Å²) < 4.78 is 0. The van der Waals surface area contributed by atoms with Gasteiger partial charge in [-0.15, -0.1) is 0 Å². The maximum Gasteiger partial charge on any atom is 0.168 e. The van der Waals surface area contributed by atoms with Gasteiger partial charge in [0.15, 0.2) is 5.11 Å². The van der Waals surface area contributed by atoms with Gasteiger partial charge in [0.1, 0.15) is 5.15 Å². The molecule has 16 heavy (non-hydrogen) atoms. The molecule has 0 bridgehead atoms. The number of aromatic nitrogens is 1. The van der Waals surface area contributed by atoms with E-state index < -0.39 is 0 Å². The Labute approximate surface area is 107 Å². The van der Waals surface area contributed by atoms with Crippen molar-refractivity contribution in [2.75, 3.05) is 13.6 Å². The molecule has 1 heterocycles. The summed E-state index contributed by atoms with van der Waals surface area (Å²) in [6.45, 7) is 3.77. The predicted molar refractivity (Wildman–Crippen MR) is 71.6 cm³/mol. The summed E-state index contributed by atoms with van der Waals surface area (Å²) in [5, 5.41) is 4.45. The van der Waals surface area contributed by atoms with Crippen molar-refractivity contribution in [1.29, 1.82) is 0 Å². The highest BCUT2D eigenvalue weighted by Crippen LogP contribution is 2.04. The number of hydrogen-bond acceptors (Lipinski definition) is 2. The topological polar surface area (TPSA) is 28.2 Å². The zero-order valence-electron chi connectivity index (χ0n) is 9.53. The molecule has 88 valence electrons. The zero-order valence-corrected chi connectivity index (χ0v) is 11.1.